The third-order valence-corrected chi connectivity index (χ3v) is 2.70. The van der Waals surface area contributed by atoms with Gasteiger partial charge in [-0.25, -0.2) is 0 Å². The van der Waals surface area contributed by atoms with Crippen molar-refractivity contribution >= 4 is 17.2 Å². The van der Waals surface area contributed by atoms with Crippen LogP contribution in [0, 0.1) is 0 Å². The van der Waals surface area contributed by atoms with Crippen LogP contribution in [-0.2, 0) is 13.2 Å². The lowest BCUT2D eigenvalue weighted by atomic mass is 10.1. The van der Waals surface area contributed by atoms with Crippen LogP contribution in [0.2, 0.25) is 0 Å². The Kier molecular flexibility index (Phi) is 3.67. The number of aromatic nitrogens is 2. The summed E-state index contributed by atoms with van der Waals surface area (Å²) in [7, 11) is 1.69. The molecule has 4 nitrogen and oxygen atoms in total. The fraction of sp³-hybridized carbons (Fsp3) is 0.167. The van der Waals surface area contributed by atoms with E-state index in [4.69, 9.17) is 22.7 Å². The Hall–Kier alpha value is -2.09. The van der Waals surface area contributed by atoms with Crippen molar-refractivity contribution in [3.05, 3.63) is 41.7 Å². The normalized spacial score (nSPS) is 11.4. The van der Waals surface area contributed by atoms with Crippen molar-refractivity contribution in [3.8, 4) is 11.5 Å². The maximum atomic E-state index is 12.7. The Morgan fingerprint density at radius 3 is 2.60 bits per heavy atom. The van der Waals surface area contributed by atoms with Crippen molar-refractivity contribution < 1.29 is 17.9 Å². The van der Waals surface area contributed by atoms with Crippen molar-refractivity contribution in [2.75, 3.05) is 0 Å². The number of rotatable bonds is 3. The molecule has 2 N–H and O–H groups in total. The second kappa shape index (κ2) is 5.12. The molecular formula is C12H10F3N3OS. The van der Waals surface area contributed by atoms with Crippen LogP contribution in [0.15, 0.2) is 30.6 Å². The number of hydrogen-bond donors (Lipinski definition) is 1. The second-order valence-corrected chi connectivity index (χ2v) is 4.46. The average Bonchev–Trinajstić information content (AvgIpc) is 2.73. The van der Waals surface area contributed by atoms with E-state index < -0.39 is 11.7 Å². The molecule has 0 unspecified atom stereocenters. The summed E-state index contributed by atoms with van der Waals surface area (Å²) in [5.74, 6) is 0.531. The lowest BCUT2D eigenvalue weighted by molar-refractivity contribution is -0.137. The summed E-state index contributed by atoms with van der Waals surface area (Å²) in [6, 6.07) is 2.96. The highest BCUT2D eigenvalue weighted by Crippen LogP contribution is 2.34. The SMILES string of the molecule is Cn1cc(Oc2ccc(C(F)(F)F)cc2C(N)=S)cn1. The fourth-order valence-corrected chi connectivity index (χ4v) is 1.73. The van der Waals surface area contributed by atoms with Gasteiger partial charge in [0.15, 0.2) is 5.75 Å². The lowest BCUT2D eigenvalue weighted by Crippen LogP contribution is -2.13. The summed E-state index contributed by atoms with van der Waals surface area (Å²) < 4.78 is 44.9. The van der Waals surface area contributed by atoms with E-state index in [1.54, 1.807) is 13.2 Å². The zero-order valence-electron chi connectivity index (χ0n) is 10.3. The van der Waals surface area contributed by atoms with E-state index in [0.29, 0.717) is 5.75 Å². The molecule has 0 saturated carbocycles. The van der Waals surface area contributed by atoms with Gasteiger partial charge in [0.1, 0.15) is 10.7 Å². The number of aryl methyl sites for hydroxylation is 1. The lowest BCUT2D eigenvalue weighted by Gasteiger charge is -2.12. The zero-order valence-corrected chi connectivity index (χ0v) is 11.1. The Balaban J connectivity index is 2.40. The molecule has 0 aliphatic carbocycles. The van der Waals surface area contributed by atoms with Gasteiger partial charge in [-0.1, -0.05) is 12.2 Å². The van der Waals surface area contributed by atoms with Crippen LogP contribution in [0.5, 0.6) is 11.5 Å². The van der Waals surface area contributed by atoms with Gasteiger partial charge in [-0.3, -0.25) is 4.68 Å². The molecule has 0 bridgehead atoms. The van der Waals surface area contributed by atoms with E-state index in [2.05, 4.69) is 5.10 Å². The van der Waals surface area contributed by atoms with Crippen molar-refractivity contribution in [3.63, 3.8) is 0 Å². The van der Waals surface area contributed by atoms with Crippen LogP contribution in [0.25, 0.3) is 0 Å². The monoisotopic (exact) mass is 301 g/mol. The molecule has 0 radical (unpaired) electrons. The van der Waals surface area contributed by atoms with Crippen molar-refractivity contribution in [2.45, 2.75) is 6.18 Å². The van der Waals surface area contributed by atoms with Crippen LogP contribution in [0.4, 0.5) is 13.2 Å². The molecule has 1 aromatic carbocycles. The summed E-state index contributed by atoms with van der Waals surface area (Å²) >= 11 is 4.76. The molecule has 0 atom stereocenters. The predicted octanol–water partition coefficient (Wildman–Crippen LogP) is 2.87. The topological polar surface area (TPSA) is 53.1 Å². The molecule has 2 aromatic rings. The van der Waals surface area contributed by atoms with E-state index in [0.717, 1.165) is 12.1 Å². The first-order chi connectivity index (χ1) is 9.27. The fourth-order valence-electron chi connectivity index (χ4n) is 1.57. The van der Waals surface area contributed by atoms with Gasteiger partial charge in [-0.2, -0.15) is 18.3 Å². The molecule has 0 aliphatic heterocycles. The summed E-state index contributed by atoms with van der Waals surface area (Å²) in [5.41, 5.74) is 4.64. The van der Waals surface area contributed by atoms with Crippen LogP contribution in [0.3, 0.4) is 0 Å². The van der Waals surface area contributed by atoms with Crippen molar-refractivity contribution in [1.82, 2.24) is 9.78 Å². The van der Waals surface area contributed by atoms with Gasteiger partial charge in [0, 0.05) is 7.05 Å². The highest BCUT2D eigenvalue weighted by atomic mass is 32.1. The van der Waals surface area contributed by atoms with E-state index in [9.17, 15) is 13.2 Å². The molecule has 0 saturated heterocycles. The van der Waals surface area contributed by atoms with Crippen LogP contribution in [-0.4, -0.2) is 14.8 Å². The van der Waals surface area contributed by atoms with Gasteiger partial charge >= 0.3 is 6.18 Å². The summed E-state index contributed by atoms with van der Waals surface area (Å²) in [6.45, 7) is 0. The zero-order chi connectivity index (χ0) is 14.9. The van der Waals surface area contributed by atoms with E-state index in [1.807, 2.05) is 0 Å². The van der Waals surface area contributed by atoms with Crippen LogP contribution >= 0.6 is 12.2 Å². The van der Waals surface area contributed by atoms with E-state index in [1.165, 1.54) is 16.9 Å². The number of benzene rings is 1. The number of hydrogen-bond acceptors (Lipinski definition) is 3. The molecule has 8 heteroatoms. The molecule has 20 heavy (non-hydrogen) atoms. The highest BCUT2D eigenvalue weighted by molar-refractivity contribution is 7.80. The minimum Gasteiger partial charge on any atom is -0.453 e. The van der Waals surface area contributed by atoms with Gasteiger partial charge in [0.25, 0.3) is 0 Å². The number of alkyl halides is 3. The molecule has 106 valence electrons. The van der Waals surface area contributed by atoms with Gasteiger partial charge in [-0.15, -0.1) is 0 Å². The smallest absolute Gasteiger partial charge is 0.416 e. The number of nitrogens with zero attached hydrogens (tertiary/aromatic N) is 2. The van der Waals surface area contributed by atoms with Crippen LogP contribution in [0.1, 0.15) is 11.1 Å². The van der Waals surface area contributed by atoms with Gasteiger partial charge in [0.05, 0.1) is 23.5 Å². The molecule has 0 fully saturated rings. The Bertz CT molecular complexity index is 652. The predicted molar refractivity (Wildman–Crippen MR) is 70.6 cm³/mol. The minimum absolute atomic E-state index is 0.0266. The molecule has 0 spiro atoms. The molecule has 1 aromatic heterocycles. The maximum absolute atomic E-state index is 12.7. The second-order valence-electron chi connectivity index (χ2n) is 4.02. The van der Waals surface area contributed by atoms with E-state index >= 15 is 0 Å². The molecular weight excluding hydrogens is 291 g/mol. The first kappa shape index (κ1) is 14.3. The van der Waals surface area contributed by atoms with Gasteiger partial charge in [-0.05, 0) is 18.2 Å². The van der Waals surface area contributed by atoms with Gasteiger partial charge < -0.3 is 10.5 Å². The third-order valence-electron chi connectivity index (χ3n) is 2.48. The first-order valence-corrected chi connectivity index (χ1v) is 5.86. The van der Waals surface area contributed by atoms with Crippen LogP contribution < -0.4 is 10.5 Å². The summed E-state index contributed by atoms with van der Waals surface area (Å²) in [5, 5.41) is 3.89. The molecule has 0 amide bonds. The molecule has 0 aliphatic rings. The molecule has 1 heterocycles. The number of nitrogens with two attached hydrogens (primary N) is 1. The van der Waals surface area contributed by atoms with Gasteiger partial charge in [0.2, 0.25) is 0 Å². The van der Waals surface area contributed by atoms with Crippen molar-refractivity contribution in [1.29, 1.82) is 0 Å². The maximum Gasteiger partial charge on any atom is 0.416 e. The largest absolute Gasteiger partial charge is 0.453 e. The number of halogens is 3. The Labute approximate surface area is 117 Å². The number of thiocarbonyl (C=S) groups is 1. The summed E-state index contributed by atoms with van der Waals surface area (Å²) in [6.07, 6.45) is -1.46. The summed E-state index contributed by atoms with van der Waals surface area (Å²) in [4.78, 5) is -0.171. The Morgan fingerprint density at radius 1 is 1.40 bits per heavy atom. The molecule has 2 rings (SSSR count). The van der Waals surface area contributed by atoms with Crippen molar-refractivity contribution in [2.24, 2.45) is 12.8 Å². The first-order valence-electron chi connectivity index (χ1n) is 5.45. The highest BCUT2D eigenvalue weighted by Gasteiger charge is 2.31. The Morgan fingerprint density at radius 2 is 2.10 bits per heavy atom. The third kappa shape index (κ3) is 3.08. The number of ether oxygens (including phenoxy) is 1. The van der Waals surface area contributed by atoms with E-state index in [-0.39, 0.29) is 16.3 Å². The quantitative estimate of drug-likeness (QED) is 0.886. The minimum atomic E-state index is -4.47. The average molecular weight is 301 g/mol. The standard InChI is InChI=1S/C12H10F3N3OS/c1-18-6-8(5-17-18)19-10-3-2-7(12(13,14)15)4-9(10)11(16)20/h2-6H,1H3,(H2,16,20).